The largest absolute Gasteiger partial charge is 0.478 e. The first kappa shape index (κ1) is 19.2. The third-order valence-electron chi connectivity index (χ3n) is 3.12. The molecule has 126 valence electrons. The van der Waals surface area contributed by atoms with Crippen molar-refractivity contribution in [3.63, 3.8) is 0 Å². The molecule has 1 unspecified atom stereocenters. The summed E-state index contributed by atoms with van der Waals surface area (Å²) in [5.74, 6) is -0.440. The Labute approximate surface area is 140 Å². The summed E-state index contributed by atoms with van der Waals surface area (Å²) in [6.45, 7) is 7.18. The molecule has 0 aliphatic rings. The second kappa shape index (κ2) is 8.72. The summed E-state index contributed by atoms with van der Waals surface area (Å²) in [6.07, 6.45) is 0.410. The van der Waals surface area contributed by atoms with Crippen LogP contribution in [0.25, 0.3) is 0 Å². The molecule has 0 aromatic heterocycles. The van der Waals surface area contributed by atoms with E-state index in [1.54, 1.807) is 19.1 Å². The number of anilines is 1. The molecule has 1 atom stereocenters. The molecule has 0 saturated heterocycles. The quantitative estimate of drug-likeness (QED) is 0.757. The van der Waals surface area contributed by atoms with Gasteiger partial charge >= 0.3 is 5.97 Å². The maximum Gasteiger partial charge on any atom is 0.335 e. The third-order valence-corrected chi connectivity index (χ3v) is 4.02. The molecule has 23 heavy (non-hydrogen) atoms. The highest BCUT2D eigenvalue weighted by Gasteiger charge is 2.20. The van der Waals surface area contributed by atoms with Gasteiger partial charge in [0.1, 0.15) is 0 Å². The van der Waals surface area contributed by atoms with E-state index in [0.29, 0.717) is 17.9 Å². The third kappa shape index (κ3) is 6.86. The maximum absolute atomic E-state index is 12.4. The van der Waals surface area contributed by atoms with E-state index in [0.717, 1.165) is 17.3 Å². The van der Waals surface area contributed by atoms with Crippen molar-refractivity contribution in [3.05, 3.63) is 29.3 Å². The lowest BCUT2D eigenvalue weighted by Crippen LogP contribution is -2.33. The average molecular weight is 337 g/mol. The number of benzene rings is 1. The Morgan fingerprint density at radius 1 is 1.22 bits per heavy atom. The zero-order chi connectivity index (χ0) is 17.6. The molecule has 2 N–H and O–H groups in total. The van der Waals surface area contributed by atoms with Crippen LogP contribution in [0.2, 0.25) is 0 Å². The molecule has 0 aliphatic heterocycles. The highest BCUT2D eigenvalue weighted by molar-refractivity contribution is 8.13. The number of carbonyl (C=O) groups excluding carboxylic acids is 2. The molecule has 5 nitrogen and oxygen atoms in total. The number of rotatable bonds is 8. The second-order valence-electron chi connectivity index (χ2n) is 5.96. The van der Waals surface area contributed by atoms with Crippen LogP contribution >= 0.6 is 11.8 Å². The van der Waals surface area contributed by atoms with Crippen molar-refractivity contribution in [2.75, 3.05) is 11.1 Å². The van der Waals surface area contributed by atoms with Crippen molar-refractivity contribution < 1.29 is 19.5 Å². The molecule has 0 aliphatic carbocycles. The highest BCUT2D eigenvalue weighted by atomic mass is 32.2. The van der Waals surface area contributed by atoms with Crippen molar-refractivity contribution in [1.82, 2.24) is 0 Å². The Balaban J connectivity index is 2.97. The topological polar surface area (TPSA) is 83.5 Å². The van der Waals surface area contributed by atoms with Gasteiger partial charge in [0.05, 0.1) is 11.6 Å². The van der Waals surface area contributed by atoms with Crippen LogP contribution < -0.4 is 5.32 Å². The van der Waals surface area contributed by atoms with Gasteiger partial charge in [-0.05, 0) is 36.6 Å². The van der Waals surface area contributed by atoms with E-state index in [1.807, 2.05) is 13.8 Å². The van der Waals surface area contributed by atoms with E-state index in [9.17, 15) is 14.4 Å². The highest BCUT2D eigenvalue weighted by Crippen LogP contribution is 2.19. The lowest BCUT2D eigenvalue weighted by molar-refractivity contribution is -0.120. The summed E-state index contributed by atoms with van der Waals surface area (Å²) in [6, 6.07) is 4.35. The summed E-state index contributed by atoms with van der Waals surface area (Å²) in [5, 5.41) is 12.2. The summed E-state index contributed by atoms with van der Waals surface area (Å²) < 4.78 is 0. The number of carbonyl (C=O) groups is 3. The summed E-state index contributed by atoms with van der Waals surface area (Å²) in [5.41, 5.74) is 1.54. The van der Waals surface area contributed by atoms with Crippen LogP contribution in [-0.4, -0.2) is 33.8 Å². The summed E-state index contributed by atoms with van der Waals surface area (Å²) in [4.78, 5) is 34.7. The Bertz CT molecular complexity index is 598. The predicted molar refractivity (Wildman–Crippen MR) is 93.2 cm³/mol. The van der Waals surface area contributed by atoms with Gasteiger partial charge in [0, 0.05) is 24.8 Å². The van der Waals surface area contributed by atoms with Gasteiger partial charge in [-0.15, -0.1) is 0 Å². The summed E-state index contributed by atoms with van der Waals surface area (Å²) >= 11 is 1.09. The van der Waals surface area contributed by atoms with E-state index < -0.39 is 12.0 Å². The summed E-state index contributed by atoms with van der Waals surface area (Å²) in [7, 11) is 0. The van der Waals surface area contributed by atoms with Crippen molar-refractivity contribution >= 4 is 34.3 Å². The van der Waals surface area contributed by atoms with Crippen LogP contribution in [0.4, 0.5) is 5.69 Å². The molecular weight excluding hydrogens is 314 g/mol. The van der Waals surface area contributed by atoms with E-state index in [4.69, 9.17) is 5.11 Å². The SMILES string of the molecule is CC(=O)SCC(Nc1cc(C)cc(C(=O)O)c1)C(=O)CC(C)C. The van der Waals surface area contributed by atoms with Gasteiger partial charge < -0.3 is 10.4 Å². The fraction of sp³-hybridized carbons (Fsp3) is 0.471. The number of aromatic carboxylic acids is 1. The number of ketones is 1. The van der Waals surface area contributed by atoms with Crippen LogP contribution in [0.5, 0.6) is 0 Å². The van der Waals surface area contributed by atoms with Gasteiger partial charge in [0.15, 0.2) is 10.9 Å². The molecule has 0 heterocycles. The standard InChI is InChI=1S/C17H23NO4S/c1-10(2)5-16(20)15(9-23-12(4)19)18-14-7-11(3)6-13(8-14)17(21)22/h6-8,10,15,18H,5,9H2,1-4H3,(H,21,22). The van der Waals surface area contributed by atoms with Crippen molar-refractivity contribution in [3.8, 4) is 0 Å². The molecular formula is C17H23NO4S. The van der Waals surface area contributed by atoms with Crippen LogP contribution in [0.15, 0.2) is 18.2 Å². The molecule has 0 bridgehead atoms. The first-order valence-electron chi connectivity index (χ1n) is 7.46. The first-order chi connectivity index (χ1) is 10.7. The van der Waals surface area contributed by atoms with Gasteiger partial charge in [0.2, 0.25) is 0 Å². The number of nitrogens with one attached hydrogen (secondary N) is 1. The average Bonchev–Trinajstić information content (AvgIpc) is 2.41. The molecule has 0 fully saturated rings. The fourth-order valence-corrected chi connectivity index (χ4v) is 2.82. The van der Waals surface area contributed by atoms with Gasteiger partial charge in [-0.2, -0.15) is 0 Å². The Morgan fingerprint density at radius 2 is 1.87 bits per heavy atom. The number of carboxylic acid groups (broad SMARTS) is 1. The Hall–Kier alpha value is -1.82. The lowest BCUT2D eigenvalue weighted by Gasteiger charge is -2.19. The molecule has 1 aromatic rings. The van der Waals surface area contributed by atoms with E-state index in [-0.39, 0.29) is 22.4 Å². The van der Waals surface area contributed by atoms with E-state index in [1.165, 1.54) is 13.0 Å². The minimum absolute atomic E-state index is 0.0205. The molecule has 0 saturated carbocycles. The van der Waals surface area contributed by atoms with Gasteiger partial charge in [0.25, 0.3) is 0 Å². The van der Waals surface area contributed by atoms with Crippen molar-refractivity contribution in [1.29, 1.82) is 0 Å². The number of carboxylic acids is 1. The predicted octanol–water partition coefficient (Wildman–Crippen LogP) is 3.37. The number of thioether (sulfide) groups is 1. The fourth-order valence-electron chi connectivity index (χ4n) is 2.15. The molecule has 0 radical (unpaired) electrons. The normalized spacial score (nSPS) is 12.0. The van der Waals surface area contributed by atoms with Crippen LogP contribution in [0.3, 0.4) is 0 Å². The molecule has 1 rings (SSSR count). The number of hydrogen-bond acceptors (Lipinski definition) is 5. The van der Waals surface area contributed by atoms with Crippen molar-refractivity contribution in [2.45, 2.75) is 40.2 Å². The minimum Gasteiger partial charge on any atom is -0.478 e. The van der Waals surface area contributed by atoms with Gasteiger partial charge in [-0.25, -0.2) is 4.79 Å². The van der Waals surface area contributed by atoms with Crippen molar-refractivity contribution in [2.24, 2.45) is 5.92 Å². The minimum atomic E-state index is -1.01. The zero-order valence-electron chi connectivity index (χ0n) is 13.9. The van der Waals surface area contributed by atoms with Crippen LogP contribution in [0.1, 0.15) is 43.1 Å². The number of Topliss-reactive ketones (excluding diaryl/α,β-unsaturated/α-hetero) is 1. The second-order valence-corrected chi connectivity index (χ2v) is 7.15. The Kier molecular flexibility index (Phi) is 7.29. The molecule has 6 heteroatoms. The molecule has 1 aromatic carbocycles. The maximum atomic E-state index is 12.4. The van der Waals surface area contributed by atoms with E-state index >= 15 is 0 Å². The smallest absolute Gasteiger partial charge is 0.335 e. The number of aryl methyl sites for hydroxylation is 1. The first-order valence-corrected chi connectivity index (χ1v) is 8.45. The number of hydrogen-bond donors (Lipinski definition) is 2. The molecule has 0 amide bonds. The lowest BCUT2D eigenvalue weighted by atomic mass is 10.0. The van der Waals surface area contributed by atoms with Crippen LogP contribution in [-0.2, 0) is 9.59 Å². The molecule has 0 spiro atoms. The van der Waals surface area contributed by atoms with Gasteiger partial charge in [-0.3, -0.25) is 9.59 Å². The Morgan fingerprint density at radius 3 is 2.39 bits per heavy atom. The van der Waals surface area contributed by atoms with Crippen LogP contribution in [0, 0.1) is 12.8 Å². The van der Waals surface area contributed by atoms with Gasteiger partial charge in [-0.1, -0.05) is 25.6 Å². The van der Waals surface area contributed by atoms with E-state index in [2.05, 4.69) is 5.32 Å². The zero-order valence-corrected chi connectivity index (χ0v) is 14.7. The monoisotopic (exact) mass is 337 g/mol.